The molecule has 1 atom stereocenters. The topological polar surface area (TPSA) is 101 Å². The monoisotopic (exact) mass is 321 g/mol. The minimum atomic E-state index is -3.96. The predicted molar refractivity (Wildman–Crippen MR) is 73.4 cm³/mol. The Labute approximate surface area is 126 Å². The number of sulfonamides is 1. The fourth-order valence-corrected chi connectivity index (χ4v) is 3.84. The Kier molecular flexibility index (Phi) is 3.64. The molecule has 3 rings (SSSR count). The van der Waals surface area contributed by atoms with Crippen LogP contribution in [-0.4, -0.2) is 23.2 Å². The number of benzene rings is 1. The average molecular weight is 321 g/mol. The molecule has 7 nitrogen and oxygen atoms in total. The van der Waals surface area contributed by atoms with Crippen LogP contribution in [-0.2, 0) is 16.6 Å². The van der Waals surface area contributed by atoms with Gasteiger partial charge in [0.1, 0.15) is 24.0 Å². The van der Waals surface area contributed by atoms with Crippen molar-refractivity contribution in [3.05, 3.63) is 41.7 Å². The van der Waals surface area contributed by atoms with Crippen molar-refractivity contribution in [2.45, 2.75) is 30.3 Å². The lowest BCUT2D eigenvalue weighted by Crippen LogP contribution is -2.33. The molecule has 1 aromatic heterocycles. The van der Waals surface area contributed by atoms with Gasteiger partial charge >= 0.3 is 0 Å². The van der Waals surface area contributed by atoms with Crippen molar-refractivity contribution < 1.29 is 12.8 Å². The van der Waals surface area contributed by atoms with Crippen LogP contribution < -0.4 is 4.72 Å². The second kappa shape index (κ2) is 5.47. The maximum absolute atomic E-state index is 13.1. The predicted octanol–water partition coefficient (Wildman–Crippen LogP) is 1.10. The highest BCUT2D eigenvalue weighted by Gasteiger charge is 2.29. The van der Waals surface area contributed by atoms with Crippen molar-refractivity contribution in [2.75, 3.05) is 0 Å². The van der Waals surface area contributed by atoms with E-state index in [1.807, 2.05) is 0 Å². The first-order chi connectivity index (χ1) is 10.5. The summed E-state index contributed by atoms with van der Waals surface area (Å²) in [5, 5.41) is 13.0. The molecule has 1 aromatic carbocycles. The molecule has 0 radical (unpaired) electrons. The number of aryl methyl sites for hydroxylation is 1. The minimum absolute atomic E-state index is 0.232. The summed E-state index contributed by atoms with van der Waals surface area (Å²) < 4.78 is 42.3. The second-order valence-corrected chi connectivity index (χ2v) is 6.59. The molecular weight excluding hydrogens is 309 g/mol. The van der Waals surface area contributed by atoms with Gasteiger partial charge in [-0.3, -0.25) is 0 Å². The minimum Gasteiger partial charge on any atom is -0.248 e. The van der Waals surface area contributed by atoms with Crippen molar-refractivity contribution >= 4 is 10.0 Å². The molecule has 114 valence electrons. The van der Waals surface area contributed by atoms with E-state index in [-0.39, 0.29) is 10.5 Å². The number of nitriles is 1. The summed E-state index contributed by atoms with van der Waals surface area (Å²) in [5.41, 5.74) is -0.232. The summed E-state index contributed by atoms with van der Waals surface area (Å²) >= 11 is 0. The molecule has 0 bridgehead atoms. The zero-order chi connectivity index (χ0) is 15.7. The van der Waals surface area contributed by atoms with Gasteiger partial charge in [0.05, 0.1) is 16.5 Å². The highest BCUT2D eigenvalue weighted by atomic mass is 32.2. The molecule has 0 fully saturated rings. The lowest BCUT2D eigenvalue weighted by Gasteiger charge is -2.23. The fourth-order valence-electron chi connectivity index (χ4n) is 2.48. The molecule has 1 aliphatic heterocycles. The van der Waals surface area contributed by atoms with Gasteiger partial charge in [-0.15, -0.1) is 0 Å². The number of hydrogen-bond donors (Lipinski definition) is 1. The molecule has 0 saturated heterocycles. The van der Waals surface area contributed by atoms with Gasteiger partial charge in [-0.05, 0) is 31.0 Å². The summed E-state index contributed by atoms with van der Waals surface area (Å²) in [7, 11) is -3.96. The molecule has 9 heteroatoms. The van der Waals surface area contributed by atoms with Crippen LogP contribution >= 0.6 is 0 Å². The first-order valence-electron chi connectivity index (χ1n) is 6.61. The van der Waals surface area contributed by atoms with Crippen molar-refractivity contribution in [3.8, 4) is 6.07 Å². The molecule has 22 heavy (non-hydrogen) atoms. The van der Waals surface area contributed by atoms with Crippen LogP contribution in [0.15, 0.2) is 29.4 Å². The van der Waals surface area contributed by atoms with Gasteiger partial charge in [0.25, 0.3) is 0 Å². The van der Waals surface area contributed by atoms with E-state index in [0.717, 1.165) is 24.6 Å². The van der Waals surface area contributed by atoms with Gasteiger partial charge in [-0.2, -0.15) is 10.4 Å². The van der Waals surface area contributed by atoms with E-state index in [9.17, 15) is 12.8 Å². The van der Waals surface area contributed by atoms with Crippen molar-refractivity contribution in [3.63, 3.8) is 0 Å². The summed E-state index contributed by atoms with van der Waals surface area (Å²) in [6.07, 6.45) is 2.72. The van der Waals surface area contributed by atoms with Gasteiger partial charge in [0.15, 0.2) is 0 Å². The molecule has 2 heterocycles. The Hall–Kier alpha value is -2.31. The fraction of sp³-hybridized carbons (Fsp3) is 0.308. The Morgan fingerprint density at radius 1 is 1.45 bits per heavy atom. The smallest absolute Gasteiger partial charge is 0.242 e. The summed E-state index contributed by atoms with van der Waals surface area (Å²) in [6, 6.07) is 4.19. The Morgan fingerprint density at radius 2 is 2.27 bits per heavy atom. The average Bonchev–Trinajstić information content (AvgIpc) is 2.96. The van der Waals surface area contributed by atoms with Gasteiger partial charge in [-0.25, -0.2) is 27.2 Å². The van der Waals surface area contributed by atoms with E-state index in [2.05, 4.69) is 14.8 Å². The highest BCUT2D eigenvalue weighted by Crippen LogP contribution is 2.25. The zero-order valence-electron chi connectivity index (χ0n) is 11.4. The lowest BCUT2D eigenvalue weighted by atomic mass is 10.1. The van der Waals surface area contributed by atoms with Gasteiger partial charge in [-0.1, -0.05) is 0 Å². The lowest BCUT2D eigenvalue weighted by molar-refractivity contribution is 0.400. The highest BCUT2D eigenvalue weighted by molar-refractivity contribution is 7.89. The van der Waals surface area contributed by atoms with Crippen molar-refractivity contribution in [1.82, 2.24) is 19.5 Å². The zero-order valence-corrected chi connectivity index (χ0v) is 12.2. The Morgan fingerprint density at radius 3 is 3.05 bits per heavy atom. The van der Waals surface area contributed by atoms with Gasteiger partial charge in [0, 0.05) is 6.54 Å². The van der Waals surface area contributed by atoms with Crippen LogP contribution in [0, 0.1) is 17.1 Å². The van der Waals surface area contributed by atoms with Crippen LogP contribution in [0.1, 0.15) is 30.3 Å². The maximum atomic E-state index is 13.1. The summed E-state index contributed by atoms with van der Waals surface area (Å²) in [6.45, 7) is 0.688. The van der Waals surface area contributed by atoms with Crippen molar-refractivity contribution in [1.29, 1.82) is 5.26 Å². The molecule has 1 aliphatic rings. The molecular formula is C13H12FN5O2S. The number of nitrogens with zero attached hydrogens (tertiary/aromatic N) is 4. The number of nitrogens with one attached hydrogen (secondary N) is 1. The molecule has 0 saturated carbocycles. The molecule has 0 spiro atoms. The quantitative estimate of drug-likeness (QED) is 0.912. The van der Waals surface area contributed by atoms with Crippen molar-refractivity contribution in [2.24, 2.45) is 0 Å². The van der Waals surface area contributed by atoms with E-state index >= 15 is 0 Å². The van der Waals surface area contributed by atoms with Gasteiger partial charge in [0.2, 0.25) is 10.0 Å². The second-order valence-electron chi connectivity index (χ2n) is 4.91. The SMILES string of the molecule is N#Cc1cc(F)ccc1S(=O)(=O)N[C@@H]1CCCn2ncnc21. The van der Waals surface area contributed by atoms with Crippen LogP contribution in [0.4, 0.5) is 4.39 Å². The molecule has 0 aliphatic carbocycles. The Bertz CT molecular complexity index is 856. The number of aromatic nitrogens is 3. The Balaban J connectivity index is 1.95. The molecule has 1 N–H and O–H groups in total. The summed E-state index contributed by atoms with van der Waals surface area (Å²) in [4.78, 5) is 3.83. The first kappa shape index (κ1) is 14.6. The first-order valence-corrected chi connectivity index (χ1v) is 8.09. The standard InChI is InChI=1S/C13H12FN5O2S/c14-10-3-4-12(9(6-10)7-15)22(20,21)18-11-2-1-5-19-13(11)16-8-17-19/h3-4,6,8,11,18H,1-2,5H2/t11-/m1/s1. The number of hydrogen-bond acceptors (Lipinski definition) is 5. The van der Waals surface area contributed by atoms with E-state index in [1.54, 1.807) is 10.8 Å². The normalized spacial score (nSPS) is 17.7. The van der Waals surface area contributed by atoms with Gasteiger partial charge < -0.3 is 0 Å². The van der Waals surface area contributed by atoms with E-state index in [0.29, 0.717) is 18.8 Å². The number of fused-ring (bicyclic) bond motifs is 1. The van der Waals surface area contributed by atoms with Crippen LogP contribution in [0.3, 0.4) is 0 Å². The number of halogens is 1. The third kappa shape index (κ3) is 2.58. The number of rotatable bonds is 3. The van der Waals surface area contributed by atoms with Crippen LogP contribution in [0.25, 0.3) is 0 Å². The third-order valence-corrected chi connectivity index (χ3v) is 5.00. The van der Waals surface area contributed by atoms with E-state index < -0.39 is 21.9 Å². The maximum Gasteiger partial charge on any atom is 0.242 e. The largest absolute Gasteiger partial charge is 0.248 e. The van der Waals surface area contributed by atoms with Crippen LogP contribution in [0.2, 0.25) is 0 Å². The summed E-state index contributed by atoms with van der Waals surface area (Å²) in [5.74, 6) is -0.122. The molecule has 0 amide bonds. The van der Waals surface area contributed by atoms with Crippen LogP contribution in [0.5, 0.6) is 0 Å². The molecule has 2 aromatic rings. The third-order valence-electron chi connectivity index (χ3n) is 3.47. The van der Waals surface area contributed by atoms with E-state index in [1.165, 1.54) is 6.33 Å². The van der Waals surface area contributed by atoms with E-state index in [4.69, 9.17) is 5.26 Å². The molecule has 0 unspecified atom stereocenters.